The van der Waals surface area contributed by atoms with Crippen molar-refractivity contribution in [3.05, 3.63) is 23.8 Å². The van der Waals surface area contributed by atoms with Crippen molar-refractivity contribution < 1.29 is 9.90 Å². The Morgan fingerprint density at radius 1 is 1.29 bits per heavy atom. The Morgan fingerprint density at radius 2 is 2.14 bits per heavy atom. The summed E-state index contributed by atoms with van der Waals surface area (Å²) in [5.41, 5.74) is 1.42. The molecule has 1 aliphatic carbocycles. The zero-order chi connectivity index (χ0) is 10.2. The fraction of sp³-hybridized carbons (Fsp3) is 0.583. The lowest BCUT2D eigenvalue weighted by atomic mass is 10.0. The molecule has 1 N–H and O–H groups in total. The molecule has 1 rings (SSSR count). The van der Waals surface area contributed by atoms with Crippen LogP contribution < -0.4 is 0 Å². The highest BCUT2D eigenvalue weighted by molar-refractivity contribution is 5.66. The standard InChI is InChI=1S/C12H18O2/c13-12(14)10-6-2-5-9-11-7-3-1-4-8-11/h3,7-8H,1-2,4-6,9-10H2,(H,13,14). The highest BCUT2D eigenvalue weighted by Gasteiger charge is 1.99. The summed E-state index contributed by atoms with van der Waals surface area (Å²) in [6, 6.07) is 0. The zero-order valence-electron chi connectivity index (χ0n) is 8.54. The number of aliphatic carboxylic acids is 1. The van der Waals surface area contributed by atoms with Crippen molar-refractivity contribution in [3.8, 4) is 0 Å². The molecule has 0 radical (unpaired) electrons. The highest BCUT2D eigenvalue weighted by atomic mass is 16.4. The maximum atomic E-state index is 10.2. The van der Waals surface area contributed by atoms with Crippen molar-refractivity contribution >= 4 is 5.97 Å². The van der Waals surface area contributed by atoms with Crippen molar-refractivity contribution in [2.75, 3.05) is 0 Å². The van der Waals surface area contributed by atoms with Gasteiger partial charge in [0.15, 0.2) is 0 Å². The van der Waals surface area contributed by atoms with Gasteiger partial charge in [-0.25, -0.2) is 0 Å². The number of allylic oxidation sites excluding steroid dienone is 4. The average molecular weight is 194 g/mol. The molecule has 0 heterocycles. The van der Waals surface area contributed by atoms with E-state index in [1.807, 2.05) is 0 Å². The van der Waals surface area contributed by atoms with Crippen LogP contribution in [-0.2, 0) is 4.79 Å². The maximum Gasteiger partial charge on any atom is 0.303 e. The number of hydrogen-bond acceptors (Lipinski definition) is 1. The number of carbonyl (C=O) groups is 1. The molecule has 78 valence electrons. The molecule has 0 spiro atoms. The van der Waals surface area contributed by atoms with Crippen LogP contribution in [0.1, 0.15) is 44.9 Å². The third-order valence-corrected chi connectivity index (χ3v) is 2.43. The smallest absolute Gasteiger partial charge is 0.303 e. The van der Waals surface area contributed by atoms with E-state index in [2.05, 4.69) is 18.2 Å². The van der Waals surface area contributed by atoms with Crippen molar-refractivity contribution in [1.82, 2.24) is 0 Å². The third kappa shape index (κ3) is 4.85. The maximum absolute atomic E-state index is 10.2. The minimum atomic E-state index is -0.679. The van der Waals surface area contributed by atoms with E-state index in [0.29, 0.717) is 6.42 Å². The summed E-state index contributed by atoms with van der Waals surface area (Å²) in [5.74, 6) is -0.679. The van der Waals surface area contributed by atoms with Crippen molar-refractivity contribution in [2.45, 2.75) is 44.9 Å². The van der Waals surface area contributed by atoms with Gasteiger partial charge in [0.1, 0.15) is 0 Å². The van der Waals surface area contributed by atoms with Crippen molar-refractivity contribution in [3.63, 3.8) is 0 Å². The van der Waals surface area contributed by atoms with E-state index in [-0.39, 0.29) is 0 Å². The molecule has 0 aromatic heterocycles. The molecule has 2 heteroatoms. The first-order valence-electron chi connectivity index (χ1n) is 5.36. The summed E-state index contributed by atoms with van der Waals surface area (Å²) < 4.78 is 0. The summed E-state index contributed by atoms with van der Waals surface area (Å²) in [6.07, 6.45) is 13.4. The Labute approximate surface area is 85.3 Å². The fourth-order valence-corrected chi connectivity index (χ4v) is 1.64. The van der Waals surface area contributed by atoms with Gasteiger partial charge in [0.2, 0.25) is 0 Å². The van der Waals surface area contributed by atoms with E-state index in [1.165, 1.54) is 18.4 Å². The fourth-order valence-electron chi connectivity index (χ4n) is 1.64. The first-order valence-corrected chi connectivity index (χ1v) is 5.36. The third-order valence-electron chi connectivity index (χ3n) is 2.43. The van der Waals surface area contributed by atoms with Gasteiger partial charge in [0, 0.05) is 6.42 Å². The van der Waals surface area contributed by atoms with Gasteiger partial charge in [0.25, 0.3) is 0 Å². The minimum absolute atomic E-state index is 0.314. The van der Waals surface area contributed by atoms with Gasteiger partial charge in [-0.1, -0.05) is 30.2 Å². The predicted molar refractivity (Wildman–Crippen MR) is 57.2 cm³/mol. The Hall–Kier alpha value is -1.05. The van der Waals surface area contributed by atoms with Crippen LogP contribution >= 0.6 is 0 Å². The second-order valence-electron chi connectivity index (χ2n) is 3.71. The molecule has 0 saturated heterocycles. The lowest BCUT2D eigenvalue weighted by Crippen LogP contribution is -1.93. The molecule has 0 bridgehead atoms. The largest absolute Gasteiger partial charge is 0.481 e. The molecule has 0 saturated carbocycles. The molecule has 0 aliphatic heterocycles. The molecule has 0 aromatic rings. The molecular weight excluding hydrogens is 176 g/mol. The molecule has 14 heavy (non-hydrogen) atoms. The first kappa shape index (κ1) is 11.0. The summed E-state index contributed by atoms with van der Waals surface area (Å²) in [4.78, 5) is 10.2. The van der Waals surface area contributed by atoms with Gasteiger partial charge in [-0.3, -0.25) is 4.79 Å². The van der Waals surface area contributed by atoms with Crippen molar-refractivity contribution in [2.24, 2.45) is 0 Å². The van der Waals surface area contributed by atoms with Gasteiger partial charge < -0.3 is 5.11 Å². The van der Waals surface area contributed by atoms with E-state index in [1.54, 1.807) is 0 Å². The second kappa shape index (κ2) is 6.41. The van der Waals surface area contributed by atoms with E-state index in [0.717, 1.165) is 25.7 Å². The number of hydrogen-bond donors (Lipinski definition) is 1. The zero-order valence-corrected chi connectivity index (χ0v) is 8.54. The monoisotopic (exact) mass is 194 g/mol. The van der Waals surface area contributed by atoms with Crippen LogP contribution in [0.3, 0.4) is 0 Å². The van der Waals surface area contributed by atoms with Crippen LogP contribution in [0.2, 0.25) is 0 Å². The topological polar surface area (TPSA) is 37.3 Å². The average Bonchev–Trinajstić information content (AvgIpc) is 2.18. The molecule has 0 fully saturated rings. The molecule has 1 aliphatic rings. The summed E-state index contributed by atoms with van der Waals surface area (Å²) in [5, 5.41) is 8.44. The van der Waals surface area contributed by atoms with Crippen LogP contribution in [0.5, 0.6) is 0 Å². The summed E-state index contributed by atoms with van der Waals surface area (Å²) in [6.45, 7) is 0. The van der Waals surface area contributed by atoms with Crippen LogP contribution in [0.25, 0.3) is 0 Å². The molecule has 0 atom stereocenters. The van der Waals surface area contributed by atoms with Gasteiger partial charge in [-0.2, -0.15) is 0 Å². The van der Waals surface area contributed by atoms with Gasteiger partial charge in [-0.15, -0.1) is 0 Å². The first-order chi connectivity index (χ1) is 6.79. The van der Waals surface area contributed by atoms with E-state index in [4.69, 9.17) is 5.11 Å². The Morgan fingerprint density at radius 3 is 2.79 bits per heavy atom. The summed E-state index contributed by atoms with van der Waals surface area (Å²) >= 11 is 0. The number of carboxylic acid groups (broad SMARTS) is 1. The van der Waals surface area contributed by atoms with Gasteiger partial charge in [0.05, 0.1) is 0 Å². The number of unbranched alkanes of at least 4 members (excludes halogenated alkanes) is 2. The molecule has 0 unspecified atom stereocenters. The van der Waals surface area contributed by atoms with Crippen LogP contribution in [0.15, 0.2) is 23.8 Å². The Balaban J connectivity index is 2.01. The summed E-state index contributed by atoms with van der Waals surface area (Å²) in [7, 11) is 0. The normalized spacial score (nSPS) is 15.3. The number of rotatable bonds is 6. The molecule has 0 amide bonds. The highest BCUT2D eigenvalue weighted by Crippen LogP contribution is 2.16. The van der Waals surface area contributed by atoms with E-state index < -0.39 is 5.97 Å². The van der Waals surface area contributed by atoms with Crippen molar-refractivity contribution in [1.29, 1.82) is 0 Å². The number of carboxylic acids is 1. The SMILES string of the molecule is O=C(O)CCCCCC1=CCCC=C1. The van der Waals surface area contributed by atoms with E-state index in [9.17, 15) is 4.79 Å². The van der Waals surface area contributed by atoms with Gasteiger partial charge >= 0.3 is 5.97 Å². The van der Waals surface area contributed by atoms with Crippen LogP contribution in [-0.4, -0.2) is 11.1 Å². The van der Waals surface area contributed by atoms with Crippen LogP contribution in [0, 0.1) is 0 Å². The second-order valence-corrected chi connectivity index (χ2v) is 3.71. The molecule has 0 aromatic carbocycles. The molecular formula is C12H18O2. The lowest BCUT2D eigenvalue weighted by molar-refractivity contribution is -0.137. The van der Waals surface area contributed by atoms with Crippen LogP contribution in [0.4, 0.5) is 0 Å². The quantitative estimate of drug-likeness (QED) is 0.659. The Bertz CT molecular complexity index is 239. The van der Waals surface area contributed by atoms with E-state index >= 15 is 0 Å². The van der Waals surface area contributed by atoms with Gasteiger partial charge in [-0.05, 0) is 32.1 Å². The minimum Gasteiger partial charge on any atom is -0.481 e. The predicted octanol–water partition coefficient (Wildman–Crippen LogP) is 3.30. The lowest BCUT2D eigenvalue weighted by Gasteiger charge is -2.05. The Kier molecular flexibility index (Phi) is 5.05. The molecule has 2 nitrogen and oxygen atoms in total.